The zero-order valence-electron chi connectivity index (χ0n) is 17.2. The van der Waals surface area contributed by atoms with Gasteiger partial charge in [-0.3, -0.25) is 9.69 Å². The van der Waals surface area contributed by atoms with Crippen LogP contribution in [0.15, 0.2) is 66.9 Å². The molecule has 3 aromatic rings. The number of hydrogen-bond donors (Lipinski definition) is 2. The maximum Gasteiger partial charge on any atom is 0.221 e. The van der Waals surface area contributed by atoms with Crippen molar-refractivity contribution < 1.29 is 4.79 Å². The van der Waals surface area contributed by atoms with Gasteiger partial charge >= 0.3 is 0 Å². The van der Waals surface area contributed by atoms with Gasteiger partial charge in [-0.05, 0) is 67.9 Å². The number of pyridine rings is 2. The quantitative estimate of drug-likeness (QED) is 0.634. The summed E-state index contributed by atoms with van der Waals surface area (Å²) < 4.78 is 0. The number of benzene rings is 1. The lowest BCUT2D eigenvalue weighted by molar-refractivity contribution is -0.114. The van der Waals surface area contributed by atoms with E-state index in [9.17, 15) is 4.79 Å². The number of carbonyl (C=O) groups excluding carboxylic acids is 1. The number of likely N-dealkylation sites (tertiary alicyclic amines) is 1. The Kier molecular flexibility index (Phi) is 6.35. The van der Waals surface area contributed by atoms with E-state index in [4.69, 9.17) is 4.98 Å². The summed E-state index contributed by atoms with van der Waals surface area (Å²) in [5.74, 6) is 2.08. The van der Waals surface area contributed by atoms with Crippen LogP contribution < -0.4 is 10.6 Å². The van der Waals surface area contributed by atoms with E-state index in [-0.39, 0.29) is 5.91 Å². The Labute approximate surface area is 177 Å². The molecule has 0 aliphatic carbocycles. The van der Waals surface area contributed by atoms with Crippen molar-refractivity contribution in [2.75, 3.05) is 23.7 Å². The van der Waals surface area contributed by atoms with Crippen molar-refractivity contribution in [1.29, 1.82) is 0 Å². The van der Waals surface area contributed by atoms with Crippen LogP contribution in [0.5, 0.6) is 0 Å². The molecule has 0 saturated carbocycles. The van der Waals surface area contributed by atoms with Crippen LogP contribution in [0.2, 0.25) is 0 Å². The first-order valence-corrected chi connectivity index (χ1v) is 10.4. The van der Waals surface area contributed by atoms with Crippen molar-refractivity contribution in [2.45, 2.75) is 32.2 Å². The topological polar surface area (TPSA) is 70.2 Å². The molecule has 0 unspecified atom stereocenters. The second kappa shape index (κ2) is 9.50. The summed E-state index contributed by atoms with van der Waals surface area (Å²) in [6.45, 7) is 4.56. The van der Waals surface area contributed by atoms with E-state index in [0.717, 1.165) is 55.5 Å². The van der Waals surface area contributed by atoms with E-state index in [1.807, 2.05) is 36.4 Å². The third kappa shape index (κ3) is 5.42. The maximum atomic E-state index is 11.1. The Morgan fingerprint density at radius 1 is 1.00 bits per heavy atom. The molecule has 6 nitrogen and oxygen atoms in total. The monoisotopic (exact) mass is 401 g/mol. The number of piperidine rings is 1. The maximum absolute atomic E-state index is 11.1. The van der Waals surface area contributed by atoms with Crippen LogP contribution in [0.4, 0.5) is 17.3 Å². The molecule has 3 heterocycles. The fourth-order valence-corrected chi connectivity index (χ4v) is 3.86. The van der Waals surface area contributed by atoms with Gasteiger partial charge in [0.25, 0.3) is 0 Å². The first kappa shape index (κ1) is 20.0. The molecule has 6 heteroatoms. The van der Waals surface area contributed by atoms with Crippen LogP contribution >= 0.6 is 0 Å². The Morgan fingerprint density at radius 3 is 2.47 bits per heavy atom. The number of aromatic nitrogens is 2. The van der Waals surface area contributed by atoms with Crippen LogP contribution in [0.1, 0.15) is 36.9 Å². The lowest BCUT2D eigenvalue weighted by Gasteiger charge is -2.31. The van der Waals surface area contributed by atoms with Gasteiger partial charge < -0.3 is 10.6 Å². The average Bonchev–Trinajstić information content (AvgIpc) is 2.76. The van der Waals surface area contributed by atoms with E-state index >= 15 is 0 Å². The number of hydrogen-bond acceptors (Lipinski definition) is 5. The summed E-state index contributed by atoms with van der Waals surface area (Å²) in [7, 11) is 0. The van der Waals surface area contributed by atoms with Crippen molar-refractivity contribution in [3.05, 3.63) is 78.1 Å². The largest absolute Gasteiger partial charge is 0.326 e. The van der Waals surface area contributed by atoms with Gasteiger partial charge in [0.2, 0.25) is 5.91 Å². The first-order chi connectivity index (χ1) is 14.7. The second-order valence-electron chi connectivity index (χ2n) is 7.72. The molecule has 154 valence electrons. The van der Waals surface area contributed by atoms with Crippen LogP contribution in [-0.2, 0) is 11.3 Å². The van der Waals surface area contributed by atoms with Crippen molar-refractivity contribution in [3.63, 3.8) is 0 Å². The molecule has 2 N–H and O–H groups in total. The number of nitrogens with zero attached hydrogens (tertiary/aromatic N) is 3. The highest BCUT2D eigenvalue weighted by atomic mass is 16.1. The fraction of sp³-hybridized carbons (Fsp3) is 0.292. The summed E-state index contributed by atoms with van der Waals surface area (Å²) in [5.41, 5.74) is 3.26. The van der Waals surface area contributed by atoms with E-state index in [0.29, 0.717) is 5.92 Å². The Balaban J connectivity index is 1.31. The summed E-state index contributed by atoms with van der Waals surface area (Å²) >= 11 is 0. The van der Waals surface area contributed by atoms with Gasteiger partial charge in [-0.25, -0.2) is 9.97 Å². The molecule has 0 bridgehead atoms. The Bertz CT molecular complexity index is 966. The standard InChI is InChI=1S/C24H27N5O/c1-18(30)26-21-10-8-19(9-11-21)17-29-15-12-20(13-16-29)22-5-4-7-24(27-22)28-23-6-2-3-14-25-23/h2-11,14,20H,12-13,15-17H2,1H3,(H,26,30)(H,25,27,28). The molecule has 0 atom stereocenters. The minimum Gasteiger partial charge on any atom is -0.326 e. The van der Waals surface area contributed by atoms with Gasteiger partial charge in [0.15, 0.2) is 0 Å². The summed E-state index contributed by atoms with van der Waals surface area (Å²) in [5, 5.41) is 6.09. The minimum absolute atomic E-state index is 0.0438. The molecule has 1 aliphatic rings. The summed E-state index contributed by atoms with van der Waals surface area (Å²) in [4.78, 5) is 22.8. The van der Waals surface area contributed by atoms with Crippen LogP contribution in [0, 0.1) is 0 Å². The number of nitrogens with one attached hydrogen (secondary N) is 2. The second-order valence-corrected chi connectivity index (χ2v) is 7.72. The van der Waals surface area contributed by atoms with Gasteiger partial charge in [0.1, 0.15) is 11.6 Å². The first-order valence-electron chi connectivity index (χ1n) is 10.4. The number of amides is 1. The number of anilines is 3. The summed E-state index contributed by atoms with van der Waals surface area (Å²) in [6, 6.07) is 20.1. The van der Waals surface area contributed by atoms with Gasteiger partial charge in [0.05, 0.1) is 0 Å². The third-order valence-electron chi connectivity index (χ3n) is 5.38. The Hall–Kier alpha value is -3.25. The molecular weight excluding hydrogens is 374 g/mol. The van der Waals surface area contributed by atoms with Crippen molar-refractivity contribution >= 4 is 23.2 Å². The van der Waals surface area contributed by atoms with Crippen LogP contribution in [0.25, 0.3) is 0 Å². The van der Waals surface area contributed by atoms with Gasteiger partial charge in [-0.15, -0.1) is 0 Å². The third-order valence-corrected chi connectivity index (χ3v) is 5.38. The predicted molar refractivity (Wildman–Crippen MR) is 120 cm³/mol. The highest BCUT2D eigenvalue weighted by Crippen LogP contribution is 2.28. The van der Waals surface area contributed by atoms with Gasteiger partial charge in [-0.1, -0.05) is 24.3 Å². The minimum atomic E-state index is -0.0438. The lowest BCUT2D eigenvalue weighted by atomic mass is 9.93. The molecule has 30 heavy (non-hydrogen) atoms. The zero-order chi connectivity index (χ0) is 20.8. The van der Waals surface area contributed by atoms with Crippen molar-refractivity contribution in [2.24, 2.45) is 0 Å². The highest BCUT2D eigenvalue weighted by Gasteiger charge is 2.22. The normalized spacial score (nSPS) is 15.0. The molecule has 1 amide bonds. The highest BCUT2D eigenvalue weighted by molar-refractivity contribution is 5.88. The SMILES string of the molecule is CC(=O)Nc1ccc(CN2CCC(c3cccc(Nc4ccccn4)n3)CC2)cc1. The lowest BCUT2D eigenvalue weighted by Crippen LogP contribution is -2.32. The fourth-order valence-electron chi connectivity index (χ4n) is 3.86. The van der Waals surface area contributed by atoms with E-state index in [2.05, 4.69) is 44.8 Å². The molecule has 1 aliphatic heterocycles. The molecule has 2 aromatic heterocycles. The van der Waals surface area contributed by atoms with E-state index in [1.165, 1.54) is 12.5 Å². The number of rotatable bonds is 6. The zero-order valence-corrected chi connectivity index (χ0v) is 17.2. The van der Waals surface area contributed by atoms with Gasteiger partial charge in [0, 0.05) is 37.0 Å². The molecule has 0 radical (unpaired) electrons. The molecule has 4 rings (SSSR count). The molecule has 0 spiro atoms. The molecule has 1 fully saturated rings. The number of carbonyl (C=O) groups is 1. The predicted octanol–water partition coefficient (Wildman–Crippen LogP) is 4.56. The van der Waals surface area contributed by atoms with Crippen LogP contribution in [-0.4, -0.2) is 33.9 Å². The van der Waals surface area contributed by atoms with Crippen LogP contribution in [0.3, 0.4) is 0 Å². The van der Waals surface area contributed by atoms with Gasteiger partial charge in [-0.2, -0.15) is 0 Å². The van der Waals surface area contributed by atoms with Crippen molar-refractivity contribution in [3.8, 4) is 0 Å². The smallest absolute Gasteiger partial charge is 0.221 e. The molecule has 1 aromatic carbocycles. The molecular formula is C24H27N5O. The summed E-state index contributed by atoms with van der Waals surface area (Å²) in [6.07, 6.45) is 3.98. The Morgan fingerprint density at radius 2 is 1.77 bits per heavy atom. The average molecular weight is 402 g/mol. The van der Waals surface area contributed by atoms with E-state index in [1.54, 1.807) is 6.20 Å². The molecule has 1 saturated heterocycles. The van der Waals surface area contributed by atoms with E-state index < -0.39 is 0 Å². The van der Waals surface area contributed by atoms with Crippen molar-refractivity contribution in [1.82, 2.24) is 14.9 Å².